The van der Waals surface area contributed by atoms with Gasteiger partial charge in [0.25, 0.3) is 0 Å². The molecule has 4 heteroatoms. The first kappa shape index (κ1) is 11.3. The maximum atomic E-state index is 11.0. The van der Waals surface area contributed by atoms with Crippen LogP contribution < -0.4 is 4.74 Å². The summed E-state index contributed by atoms with van der Waals surface area (Å²) in [4.78, 5) is 12.1. The minimum Gasteiger partial charge on any atom is -0.497 e. The van der Waals surface area contributed by atoms with Crippen LogP contribution in [0.2, 0.25) is 0 Å². The highest BCUT2D eigenvalue weighted by Gasteiger charge is 2.49. The van der Waals surface area contributed by atoms with Gasteiger partial charge in [-0.1, -0.05) is 0 Å². The molecule has 1 aliphatic rings. The molecule has 2 rings (SSSR count). The molecular weight excluding hydrogens is 224 g/mol. The van der Waals surface area contributed by atoms with Crippen molar-refractivity contribution in [3.8, 4) is 5.75 Å². The largest absolute Gasteiger partial charge is 0.497 e. The highest BCUT2D eigenvalue weighted by atomic mass is 32.2. The fourth-order valence-corrected chi connectivity index (χ4v) is 2.65. The average Bonchev–Trinajstić information content (AvgIpc) is 3.08. The summed E-state index contributed by atoms with van der Waals surface area (Å²) in [5.41, 5.74) is -0.454. The molecule has 0 amide bonds. The maximum absolute atomic E-state index is 11.0. The Morgan fingerprint density at radius 1 is 1.44 bits per heavy atom. The molecule has 1 saturated carbocycles. The lowest BCUT2D eigenvalue weighted by molar-refractivity contribution is -0.142. The first-order chi connectivity index (χ1) is 7.66. The second-order valence-electron chi connectivity index (χ2n) is 4.05. The Kier molecular flexibility index (Phi) is 3.10. The van der Waals surface area contributed by atoms with Gasteiger partial charge in [0.1, 0.15) is 5.75 Å². The summed E-state index contributed by atoms with van der Waals surface area (Å²) in [6, 6.07) is 7.70. The van der Waals surface area contributed by atoms with Crippen LogP contribution in [-0.2, 0) is 4.79 Å². The average molecular weight is 238 g/mol. The summed E-state index contributed by atoms with van der Waals surface area (Å²) in [5, 5.41) is 9.03. The minimum absolute atomic E-state index is 0.454. The maximum Gasteiger partial charge on any atom is 0.310 e. The van der Waals surface area contributed by atoms with Crippen molar-refractivity contribution in [2.75, 3.05) is 12.9 Å². The van der Waals surface area contributed by atoms with Crippen molar-refractivity contribution in [3.63, 3.8) is 0 Å². The third-order valence-corrected chi connectivity index (χ3v) is 4.18. The van der Waals surface area contributed by atoms with Gasteiger partial charge in [-0.3, -0.25) is 4.79 Å². The van der Waals surface area contributed by atoms with Crippen molar-refractivity contribution in [1.29, 1.82) is 0 Å². The molecular formula is C12H14O3S. The molecule has 0 unspecified atom stereocenters. The lowest BCUT2D eigenvalue weighted by Gasteiger charge is -2.09. The van der Waals surface area contributed by atoms with E-state index < -0.39 is 11.4 Å². The fourth-order valence-electron chi connectivity index (χ4n) is 1.46. The standard InChI is InChI=1S/C12H14O3S/c1-15-9-2-4-10(5-3-9)16-8-12(6-7-12)11(13)14/h2-5H,6-8H2,1H3,(H,13,14). The number of carboxylic acid groups (broad SMARTS) is 1. The van der Waals surface area contributed by atoms with Crippen LogP contribution in [0, 0.1) is 5.41 Å². The molecule has 0 radical (unpaired) electrons. The van der Waals surface area contributed by atoms with Crippen LogP contribution in [0.25, 0.3) is 0 Å². The van der Waals surface area contributed by atoms with Gasteiger partial charge >= 0.3 is 5.97 Å². The Bertz CT molecular complexity index is 382. The first-order valence-corrected chi connectivity index (χ1v) is 6.15. The zero-order chi connectivity index (χ0) is 11.6. The van der Waals surface area contributed by atoms with Gasteiger partial charge in [0, 0.05) is 10.6 Å². The topological polar surface area (TPSA) is 46.5 Å². The number of carbonyl (C=O) groups is 1. The van der Waals surface area contributed by atoms with Gasteiger partial charge < -0.3 is 9.84 Å². The van der Waals surface area contributed by atoms with Gasteiger partial charge in [0.05, 0.1) is 12.5 Å². The predicted molar refractivity (Wildman–Crippen MR) is 63.0 cm³/mol. The summed E-state index contributed by atoms with van der Waals surface area (Å²) in [6.45, 7) is 0. The van der Waals surface area contributed by atoms with Crippen LogP contribution in [0.1, 0.15) is 12.8 Å². The monoisotopic (exact) mass is 238 g/mol. The van der Waals surface area contributed by atoms with Crippen molar-refractivity contribution in [1.82, 2.24) is 0 Å². The summed E-state index contributed by atoms with van der Waals surface area (Å²) in [6.07, 6.45) is 1.62. The van der Waals surface area contributed by atoms with Crippen LogP contribution in [0.4, 0.5) is 0 Å². The van der Waals surface area contributed by atoms with Gasteiger partial charge in [-0.05, 0) is 37.1 Å². The Morgan fingerprint density at radius 2 is 2.06 bits per heavy atom. The molecule has 3 nitrogen and oxygen atoms in total. The summed E-state index contributed by atoms with van der Waals surface area (Å²) < 4.78 is 5.06. The number of aliphatic carboxylic acids is 1. The zero-order valence-electron chi connectivity index (χ0n) is 9.10. The Morgan fingerprint density at radius 3 is 2.50 bits per heavy atom. The van der Waals surface area contributed by atoms with E-state index in [4.69, 9.17) is 9.84 Å². The van der Waals surface area contributed by atoms with Crippen molar-refractivity contribution in [2.24, 2.45) is 5.41 Å². The van der Waals surface area contributed by atoms with E-state index in [0.717, 1.165) is 23.5 Å². The second kappa shape index (κ2) is 4.37. The van der Waals surface area contributed by atoms with E-state index >= 15 is 0 Å². The van der Waals surface area contributed by atoms with Crippen LogP contribution in [0.3, 0.4) is 0 Å². The quantitative estimate of drug-likeness (QED) is 0.801. The van der Waals surface area contributed by atoms with E-state index in [-0.39, 0.29) is 0 Å². The van der Waals surface area contributed by atoms with Crippen molar-refractivity contribution >= 4 is 17.7 Å². The van der Waals surface area contributed by atoms with Gasteiger partial charge in [-0.2, -0.15) is 0 Å². The summed E-state index contributed by atoms with van der Waals surface area (Å²) in [5.74, 6) is 0.825. The van der Waals surface area contributed by atoms with Crippen LogP contribution in [0.15, 0.2) is 29.2 Å². The Labute approximate surface area is 98.8 Å². The molecule has 0 atom stereocenters. The van der Waals surface area contributed by atoms with Gasteiger partial charge in [-0.25, -0.2) is 0 Å². The van der Waals surface area contributed by atoms with Crippen LogP contribution >= 0.6 is 11.8 Å². The molecule has 0 heterocycles. The lowest BCUT2D eigenvalue weighted by atomic mass is 10.1. The number of ether oxygens (including phenoxy) is 1. The normalized spacial score (nSPS) is 16.8. The minimum atomic E-state index is -0.659. The molecule has 1 aliphatic carbocycles. The van der Waals surface area contributed by atoms with E-state index in [0.29, 0.717) is 5.75 Å². The van der Waals surface area contributed by atoms with E-state index in [1.54, 1.807) is 18.9 Å². The molecule has 0 aliphatic heterocycles. The third kappa shape index (κ3) is 2.32. The van der Waals surface area contributed by atoms with Crippen LogP contribution in [0.5, 0.6) is 5.75 Å². The molecule has 1 aromatic rings. The molecule has 16 heavy (non-hydrogen) atoms. The molecule has 1 N–H and O–H groups in total. The molecule has 0 spiro atoms. The number of benzene rings is 1. The second-order valence-corrected chi connectivity index (χ2v) is 5.10. The third-order valence-electron chi connectivity index (χ3n) is 2.88. The fraction of sp³-hybridized carbons (Fsp3) is 0.417. The molecule has 86 valence electrons. The van der Waals surface area contributed by atoms with Crippen molar-refractivity contribution in [3.05, 3.63) is 24.3 Å². The number of hydrogen-bond acceptors (Lipinski definition) is 3. The molecule has 1 fully saturated rings. The SMILES string of the molecule is COc1ccc(SCC2(C(=O)O)CC2)cc1. The predicted octanol–water partition coefficient (Wildman–Crippen LogP) is 2.65. The highest BCUT2D eigenvalue weighted by molar-refractivity contribution is 7.99. The summed E-state index contributed by atoms with van der Waals surface area (Å²) in [7, 11) is 1.63. The number of thioether (sulfide) groups is 1. The number of carboxylic acids is 1. The molecule has 0 aromatic heterocycles. The smallest absolute Gasteiger partial charge is 0.310 e. The Balaban J connectivity index is 1.92. The molecule has 1 aromatic carbocycles. The highest BCUT2D eigenvalue weighted by Crippen LogP contribution is 2.49. The van der Waals surface area contributed by atoms with Gasteiger partial charge in [0.15, 0.2) is 0 Å². The van der Waals surface area contributed by atoms with E-state index in [2.05, 4.69) is 0 Å². The van der Waals surface area contributed by atoms with Crippen molar-refractivity contribution < 1.29 is 14.6 Å². The number of rotatable bonds is 5. The Hall–Kier alpha value is -1.16. The van der Waals surface area contributed by atoms with Crippen LogP contribution in [-0.4, -0.2) is 23.9 Å². The summed E-state index contributed by atoms with van der Waals surface area (Å²) >= 11 is 1.60. The zero-order valence-corrected chi connectivity index (χ0v) is 9.92. The molecule has 0 saturated heterocycles. The van der Waals surface area contributed by atoms with E-state index in [1.165, 1.54) is 0 Å². The number of hydrogen-bond donors (Lipinski definition) is 1. The van der Waals surface area contributed by atoms with E-state index in [1.807, 2.05) is 24.3 Å². The molecule has 0 bridgehead atoms. The first-order valence-electron chi connectivity index (χ1n) is 5.16. The van der Waals surface area contributed by atoms with Crippen molar-refractivity contribution in [2.45, 2.75) is 17.7 Å². The van der Waals surface area contributed by atoms with Gasteiger partial charge in [0.2, 0.25) is 0 Å². The lowest BCUT2D eigenvalue weighted by Crippen LogP contribution is -2.17. The van der Waals surface area contributed by atoms with E-state index in [9.17, 15) is 4.79 Å². The van der Waals surface area contributed by atoms with Gasteiger partial charge in [-0.15, -0.1) is 11.8 Å². The number of methoxy groups -OCH3 is 1.